The first-order valence-electron chi connectivity index (χ1n) is 6.61. The molecule has 0 bridgehead atoms. The van der Waals surface area contributed by atoms with E-state index in [2.05, 4.69) is 36.9 Å². The second kappa shape index (κ2) is 5.53. The summed E-state index contributed by atoms with van der Waals surface area (Å²) in [4.78, 5) is 13.5. The molecule has 1 aliphatic heterocycles. The lowest BCUT2D eigenvalue weighted by Gasteiger charge is -2.24. The van der Waals surface area contributed by atoms with Gasteiger partial charge in [-0.1, -0.05) is 23.8 Å². The van der Waals surface area contributed by atoms with Gasteiger partial charge in [0.25, 0.3) is 0 Å². The standard InChI is InChI=1S/C15H21NO2/c1-11-5-6-12(2)13(9-11)10-14(15(17)18)16-7-3-4-8-16/h5-6,9,14H,3-4,7-8,10H2,1-2H3,(H,17,18)/t14-/m1/s1. The Morgan fingerprint density at radius 1 is 1.33 bits per heavy atom. The molecule has 0 spiro atoms. The van der Waals surface area contributed by atoms with Crippen molar-refractivity contribution in [1.29, 1.82) is 0 Å². The van der Waals surface area contributed by atoms with Gasteiger partial charge < -0.3 is 5.11 Å². The Kier molecular flexibility index (Phi) is 4.02. The number of nitrogens with zero attached hydrogens (tertiary/aromatic N) is 1. The van der Waals surface area contributed by atoms with Crippen LogP contribution in [0.5, 0.6) is 0 Å². The van der Waals surface area contributed by atoms with Gasteiger partial charge in [-0.15, -0.1) is 0 Å². The predicted octanol–water partition coefficient (Wildman–Crippen LogP) is 2.39. The van der Waals surface area contributed by atoms with Crippen molar-refractivity contribution >= 4 is 5.97 Å². The summed E-state index contributed by atoms with van der Waals surface area (Å²) in [5.41, 5.74) is 3.54. The van der Waals surface area contributed by atoms with Crippen molar-refractivity contribution in [2.24, 2.45) is 0 Å². The SMILES string of the molecule is Cc1ccc(C)c(C[C@H](C(=O)O)N2CCCC2)c1. The Balaban J connectivity index is 2.17. The van der Waals surface area contributed by atoms with Crippen LogP contribution in [0.2, 0.25) is 0 Å². The van der Waals surface area contributed by atoms with E-state index in [1.54, 1.807) is 0 Å². The number of rotatable bonds is 4. The predicted molar refractivity (Wildman–Crippen MR) is 71.9 cm³/mol. The van der Waals surface area contributed by atoms with Crippen molar-refractivity contribution in [3.8, 4) is 0 Å². The molecule has 3 nitrogen and oxygen atoms in total. The molecule has 0 aliphatic carbocycles. The second-order valence-corrected chi connectivity index (χ2v) is 5.23. The van der Waals surface area contributed by atoms with Crippen LogP contribution >= 0.6 is 0 Å². The first kappa shape index (κ1) is 13.1. The quantitative estimate of drug-likeness (QED) is 0.888. The minimum Gasteiger partial charge on any atom is -0.480 e. The summed E-state index contributed by atoms with van der Waals surface area (Å²) in [6.45, 7) is 5.94. The van der Waals surface area contributed by atoms with Crippen LogP contribution in [0.25, 0.3) is 0 Å². The second-order valence-electron chi connectivity index (χ2n) is 5.23. The van der Waals surface area contributed by atoms with E-state index in [0.29, 0.717) is 6.42 Å². The van der Waals surface area contributed by atoms with Crippen molar-refractivity contribution in [2.75, 3.05) is 13.1 Å². The van der Waals surface area contributed by atoms with Gasteiger partial charge in [0.1, 0.15) is 6.04 Å². The Bertz CT molecular complexity index is 436. The highest BCUT2D eigenvalue weighted by atomic mass is 16.4. The van der Waals surface area contributed by atoms with E-state index in [-0.39, 0.29) is 6.04 Å². The summed E-state index contributed by atoms with van der Waals surface area (Å²) in [5.74, 6) is -0.696. The zero-order chi connectivity index (χ0) is 13.1. The van der Waals surface area contributed by atoms with E-state index in [4.69, 9.17) is 0 Å². The number of benzene rings is 1. The van der Waals surface area contributed by atoms with Gasteiger partial charge in [-0.25, -0.2) is 0 Å². The number of likely N-dealkylation sites (tertiary alicyclic amines) is 1. The normalized spacial score (nSPS) is 17.9. The number of carboxylic acids is 1. The fraction of sp³-hybridized carbons (Fsp3) is 0.533. The minimum absolute atomic E-state index is 0.368. The maximum absolute atomic E-state index is 11.4. The van der Waals surface area contributed by atoms with Crippen LogP contribution in [0.15, 0.2) is 18.2 Å². The smallest absolute Gasteiger partial charge is 0.321 e. The molecule has 18 heavy (non-hydrogen) atoms. The monoisotopic (exact) mass is 247 g/mol. The van der Waals surface area contributed by atoms with Crippen molar-refractivity contribution in [1.82, 2.24) is 4.90 Å². The van der Waals surface area contributed by atoms with Crippen LogP contribution in [-0.2, 0) is 11.2 Å². The highest BCUT2D eigenvalue weighted by Gasteiger charge is 2.28. The van der Waals surface area contributed by atoms with Crippen molar-refractivity contribution in [3.05, 3.63) is 34.9 Å². The minimum atomic E-state index is -0.696. The molecule has 1 N–H and O–H groups in total. The third-order valence-electron chi connectivity index (χ3n) is 3.78. The molecule has 1 saturated heterocycles. The zero-order valence-corrected chi connectivity index (χ0v) is 11.1. The van der Waals surface area contributed by atoms with Gasteiger partial charge in [0.2, 0.25) is 0 Å². The molecule has 3 heteroatoms. The average Bonchev–Trinajstić information content (AvgIpc) is 2.83. The first-order chi connectivity index (χ1) is 8.58. The Hall–Kier alpha value is -1.35. The molecule has 1 aromatic rings. The topological polar surface area (TPSA) is 40.5 Å². The molecule has 1 heterocycles. The van der Waals surface area contributed by atoms with Gasteiger partial charge in [0, 0.05) is 0 Å². The summed E-state index contributed by atoms with van der Waals surface area (Å²) < 4.78 is 0. The van der Waals surface area contributed by atoms with E-state index in [1.807, 2.05) is 0 Å². The van der Waals surface area contributed by atoms with Gasteiger partial charge in [-0.05, 0) is 57.3 Å². The fourth-order valence-corrected chi connectivity index (χ4v) is 2.65. The maximum atomic E-state index is 11.4. The summed E-state index contributed by atoms with van der Waals surface area (Å²) in [6, 6.07) is 5.90. The Labute approximate surface area is 108 Å². The number of carboxylic acid groups (broad SMARTS) is 1. The van der Waals surface area contributed by atoms with Gasteiger partial charge in [0.05, 0.1) is 0 Å². The molecule has 2 rings (SSSR count). The van der Waals surface area contributed by atoms with E-state index >= 15 is 0 Å². The van der Waals surface area contributed by atoms with Gasteiger partial charge in [0.15, 0.2) is 0 Å². The molecule has 0 aromatic heterocycles. The van der Waals surface area contributed by atoms with Crippen LogP contribution in [-0.4, -0.2) is 35.1 Å². The lowest BCUT2D eigenvalue weighted by molar-refractivity contribution is -0.142. The summed E-state index contributed by atoms with van der Waals surface area (Å²) >= 11 is 0. The maximum Gasteiger partial charge on any atom is 0.321 e. The molecule has 0 unspecified atom stereocenters. The van der Waals surface area contributed by atoms with E-state index in [0.717, 1.165) is 31.5 Å². The van der Waals surface area contributed by atoms with Crippen molar-refractivity contribution in [2.45, 2.75) is 39.2 Å². The third kappa shape index (κ3) is 2.91. The largest absolute Gasteiger partial charge is 0.480 e. The summed E-state index contributed by atoms with van der Waals surface area (Å²) in [6.07, 6.45) is 2.86. The van der Waals surface area contributed by atoms with Crippen LogP contribution in [0.1, 0.15) is 29.5 Å². The fourth-order valence-electron chi connectivity index (χ4n) is 2.65. The highest BCUT2D eigenvalue weighted by molar-refractivity contribution is 5.74. The molecule has 98 valence electrons. The number of aryl methyl sites for hydroxylation is 2. The van der Waals surface area contributed by atoms with Crippen LogP contribution in [0.4, 0.5) is 0 Å². The van der Waals surface area contributed by atoms with Gasteiger partial charge >= 0.3 is 5.97 Å². The first-order valence-corrected chi connectivity index (χ1v) is 6.61. The Morgan fingerprint density at radius 3 is 2.61 bits per heavy atom. The van der Waals surface area contributed by atoms with E-state index in [9.17, 15) is 9.90 Å². The molecule has 0 amide bonds. The molecule has 1 atom stereocenters. The highest BCUT2D eigenvalue weighted by Crippen LogP contribution is 2.19. The third-order valence-corrected chi connectivity index (χ3v) is 3.78. The lowest BCUT2D eigenvalue weighted by atomic mass is 9.98. The number of hydrogen-bond acceptors (Lipinski definition) is 2. The van der Waals surface area contributed by atoms with Crippen LogP contribution in [0, 0.1) is 13.8 Å². The average molecular weight is 247 g/mol. The number of aliphatic carboxylic acids is 1. The molecule has 1 aromatic carbocycles. The summed E-state index contributed by atoms with van der Waals surface area (Å²) in [7, 11) is 0. The van der Waals surface area contributed by atoms with E-state index in [1.165, 1.54) is 11.1 Å². The Morgan fingerprint density at radius 2 is 2.00 bits per heavy atom. The molecule has 0 radical (unpaired) electrons. The van der Waals surface area contributed by atoms with E-state index < -0.39 is 5.97 Å². The lowest BCUT2D eigenvalue weighted by Crippen LogP contribution is -2.41. The molecule has 0 saturated carbocycles. The number of carbonyl (C=O) groups is 1. The summed E-state index contributed by atoms with van der Waals surface area (Å²) in [5, 5.41) is 9.41. The van der Waals surface area contributed by atoms with Crippen LogP contribution < -0.4 is 0 Å². The van der Waals surface area contributed by atoms with Gasteiger partial charge in [-0.2, -0.15) is 0 Å². The molecular weight excluding hydrogens is 226 g/mol. The number of hydrogen-bond donors (Lipinski definition) is 1. The molecular formula is C15H21NO2. The molecule has 1 fully saturated rings. The zero-order valence-electron chi connectivity index (χ0n) is 11.1. The van der Waals surface area contributed by atoms with Crippen LogP contribution in [0.3, 0.4) is 0 Å². The van der Waals surface area contributed by atoms with Gasteiger partial charge in [-0.3, -0.25) is 9.69 Å². The van der Waals surface area contributed by atoms with Crippen molar-refractivity contribution < 1.29 is 9.90 Å². The molecule has 1 aliphatic rings. The van der Waals surface area contributed by atoms with Crippen molar-refractivity contribution in [3.63, 3.8) is 0 Å².